The molecule has 1 aliphatic carbocycles. The molecule has 2 aromatic rings. The van der Waals surface area contributed by atoms with E-state index < -0.39 is 5.41 Å². The van der Waals surface area contributed by atoms with E-state index in [1.54, 1.807) is 7.05 Å². The number of amides is 2. The van der Waals surface area contributed by atoms with Crippen LogP contribution < -0.4 is 10.6 Å². The van der Waals surface area contributed by atoms with Gasteiger partial charge >= 0.3 is 0 Å². The van der Waals surface area contributed by atoms with Crippen LogP contribution >= 0.6 is 11.3 Å². The summed E-state index contributed by atoms with van der Waals surface area (Å²) in [7, 11) is 1.71. The van der Waals surface area contributed by atoms with Gasteiger partial charge in [0.15, 0.2) is 0 Å². The maximum atomic E-state index is 12.9. The van der Waals surface area contributed by atoms with Crippen molar-refractivity contribution in [3.8, 4) is 0 Å². The predicted molar refractivity (Wildman–Crippen MR) is 114 cm³/mol. The Morgan fingerprint density at radius 2 is 2.03 bits per heavy atom. The maximum absolute atomic E-state index is 12.9. The molecule has 0 radical (unpaired) electrons. The number of carbonyl (C=O) groups is 2. The predicted octanol–water partition coefficient (Wildman–Crippen LogP) is 2.52. The Balaban J connectivity index is 1.46. The third kappa shape index (κ3) is 3.81. The van der Waals surface area contributed by atoms with Crippen molar-refractivity contribution in [2.24, 2.45) is 11.3 Å². The fourth-order valence-corrected chi connectivity index (χ4v) is 5.96. The van der Waals surface area contributed by atoms with E-state index in [2.05, 4.69) is 44.8 Å². The third-order valence-electron chi connectivity index (χ3n) is 6.32. The number of rotatable bonds is 5. The molecular formula is C22H28N4O2S. The van der Waals surface area contributed by atoms with E-state index in [1.165, 1.54) is 16.9 Å². The number of fused-ring (bicyclic) bond motifs is 1. The topological polar surface area (TPSA) is 74.3 Å². The highest BCUT2D eigenvalue weighted by molar-refractivity contribution is 7.13. The van der Waals surface area contributed by atoms with Crippen LogP contribution in [0.5, 0.6) is 0 Å². The largest absolute Gasteiger partial charge is 0.359 e. The van der Waals surface area contributed by atoms with Gasteiger partial charge in [-0.1, -0.05) is 30.3 Å². The number of aryl methyl sites for hydroxylation is 2. The summed E-state index contributed by atoms with van der Waals surface area (Å²) in [5.41, 5.74) is 1.61. The number of thiazole rings is 1. The molecule has 3 atom stereocenters. The Bertz CT molecular complexity index is 913. The van der Waals surface area contributed by atoms with E-state index in [9.17, 15) is 9.59 Å². The molecule has 0 spiro atoms. The molecule has 1 saturated carbocycles. The van der Waals surface area contributed by atoms with Crippen LogP contribution in [0, 0.1) is 25.2 Å². The van der Waals surface area contributed by atoms with Crippen molar-refractivity contribution in [2.45, 2.75) is 39.3 Å². The van der Waals surface area contributed by atoms with Gasteiger partial charge in [-0.25, -0.2) is 4.98 Å². The van der Waals surface area contributed by atoms with E-state index in [0.29, 0.717) is 11.3 Å². The molecule has 29 heavy (non-hydrogen) atoms. The maximum Gasteiger partial charge on any atom is 0.263 e. The molecule has 0 bridgehead atoms. The molecule has 6 nitrogen and oxygen atoms in total. The first kappa shape index (κ1) is 20.0. The molecule has 0 unspecified atom stereocenters. The first-order chi connectivity index (χ1) is 13.9. The number of nitrogens with one attached hydrogen (secondary N) is 2. The summed E-state index contributed by atoms with van der Waals surface area (Å²) in [5.74, 6) is 0.284. The van der Waals surface area contributed by atoms with Crippen LogP contribution in [0.15, 0.2) is 30.3 Å². The summed E-state index contributed by atoms with van der Waals surface area (Å²) in [6.45, 7) is 6.25. The molecule has 2 heterocycles. The minimum absolute atomic E-state index is 0.0190. The lowest BCUT2D eigenvalue weighted by atomic mass is 9.80. The van der Waals surface area contributed by atoms with Crippen LogP contribution in [0.1, 0.15) is 38.8 Å². The van der Waals surface area contributed by atoms with Crippen LogP contribution in [-0.2, 0) is 11.3 Å². The molecule has 7 heteroatoms. The van der Waals surface area contributed by atoms with E-state index in [4.69, 9.17) is 0 Å². The Kier molecular flexibility index (Phi) is 5.44. The Hall–Kier alpha value is -2.25. The minimum Gasteiger partial charge on any atom is -0.359 e. The molecule has 1 saturated heterocycles. The molecule has 154 valence electrons. The van der Waals surface area contributed by atoms with Crippen molar-refractivity contribution in [3.63, 3.8) is 0 Å². The lowest BCUT2D eigenvalue weighted by molar-refractivity contribution is -0.131. The molecule has 4 rings (SSSR count). The Labute approximate surface area is 175 Å². The second kappa shape index (κ2) is 7.88. The first-order valence-electron chi connectivity index (χ1n) is 10.1. The standard InChI is InChI=1S/C22H28N4O2S/c1-14-19(29-15(2)24-14)20(27)25-18-9-17-12-26(11-16-7-5-4-6-8-16)13-22(17,10-18)21(28)23-3/h4-8,17-18H,9-13H2,1-3H3,(H,23,28)(H,25,27)/t17-,18-,22-/m0/s1. The second-order valence-corrected chi connectivity index (χ2v) is 9.55. The van der Waals surface area contributed by atoms with Crippen LogP contribution in [0.25, 0.3) is 0 Å². The van der Waals surface area contributed by atoms with Crippen molar-refractivity contribution in [2.75, 3.05) is 20.1 Å². The van der Waals surface area contributed by atoms with Gasteiger partial charge in [0.1, 0.15) is 4.88 Å². The SMILES string of the molecule is CNC(=O)[C@]12C[C@@H](NC(=O)c3sc(C)nc3C)C[C@H]1CN(Cc1ccccc1)C2. The zero-order chi connectivity index (χ0) is 20.6. The zero-order valence-corrected chi connectivity index (χ0v) is 18.0. The Morgan fingerprint density at radius 3 is 2.69 bits per heavy atom. The lowest BCUT2D eigenvalue weighted by Crippen LogP contribution is -2.44. The van der Waals surface area contributed by atoms with E-state index in [1.807, 2.05) is 19.9 Å². The van der Waals surface area contributed by atoms with Gasteiger partial charge in [-0.15, -0.1) is 11.3 Å². The molecule has 2 fully saturated rings. The van der Waals surface area contributed by atoms with Crippen molar-refractivity contribution in [3.05, 3.63) is 51.5 Å². The molecule has 1 aliphatic heterocycles. The van der Waals surface area contributed by atoms with E-state index in [0.717, 1.165) is 36.8 Å². The number of likely N-dealkylation sites (tertiary alicyclic amines) is 1. The second-order valence-electron chi connectivity index (χ2n) is 8.35. The van der Waals surface area contributed by atoms with Gasteiger partial charge in [0, 0.05) is 32.7 Å². The highest BCUT2D eigenvalue weighted by Crippen LogP contribution is 2.49. The minimum atomic E-state index is -0.430. The summed E-state index contributed by atoms with van der Waals surface area (Å²) < 4.78 is 0. The van der Waals surface area contributed by atoms with Crippen LogP contribution in [0.2, 0.25) is 0 Å². The van der Waals surface area contributed by atoms with Crippen LogP contribution in [-0.4, -0.2) is 47.9 Å². The third-order valence-corrected chi connectivity index (χ3v) is 7.39. The highest BCUT2D eigenvalue weighted by Gasteiger charge is 2.57. The number of nitrogens with zero attached hydrogens (tertiary/aromatic N) is 2. The average molecular weight is 413 g/mol. The summed E-state index contributed by atoms with van der Waals surface area (Å²) in [5, 5.41) is 6.96. The number of aromatic nitrogens is 1. The van der Waals surface area contributed by atoms with E-state index in [-0.39, 0.29) is 23.8 Å². The smallest absolute Gasteiger partial charge is 0.263 e. The van der Waals surface area contributed by atoms with Gasteiger partial charge in [-0.05, 0) is 38.2 Å². The molecular weight excluding hydrogens is 384 g/mol. The summed E-state index contributed by atoms with van der Waals surface area (Å²) in [6.07, 6.45) is 1.52. The van der Waals surface area contributed by atoms with Crippen LogP contribution in [0.3, 0.4) is 0 Å². The van der Waals surface area contributed by atoms with Gasteiger partial charge < -0.3 is 10.6 Å². The molecule has 1 aromatic heterocycles. The lowest BCUT2D eigenvalue weighted by Gasteiger charge is -2.27. The van der Waals surface area contributed by atoms with Gasteiger partial charge in [-0.3, -0.25) is 14.5 Å². The monoisotopic (exact) mass is 412 g/mol. The molecule has 2 amide bonds. The van der Waals surface area contributed by atoms with Gasteiger partial charge in [0.05, 0.1) is 16.1 Å². The van der Waals surface area contributed by atoms with Crippen molar-refractivity contribution >= 4 is 23.2 Å². The summed E-state index contributed by atoms with van der Waals surface area (Å²) in [6, 6.07) is 10.4. The number of benzene rings is 1. The Morgan fingerprint density at radius 1 is 1.28 bits per heavy atom. The number of hydrogen-bond acceptors (Lipinski definition) is 5. The summed E-state index contributed by atoms with van der Waals surface area (Å²) in [4.78, 5) is 33.1. The van der Waals surface area contributed by atoms with Gasteiger partial charge in [0.25, 0.3) is 5.91 Å². The van der Waals surface area contributed by atoms with Gasteiger partial charge in [-0.2, -0.15) is 0 Å². The first-order valence-corrected chi connectivity index (χ1v) is 11.0. The van der Waals surface area contributed by atoms with Crippen molar-refractivity contribution in [1.82, 2.24) is 20.5 Å². The quantitative estimate of drug-likeness (QED) is 0.791. The fourth-order valence-electron chi connectivity index (χ4n) is 5.14. The van der Waals surface area contributed by atoms with Crippen molar-refractivity contribution < 1.29 is 9.59 Å². The molecule has 1 aromatic carbocycles. The zero-order valence-electron chi connectivity index (χ0n) is 17.2. The number of carbonyl (C=O) groups excluding carboxylic acids is 2. The summed E-state index contributed by atoms with van der Waals surface area (Å²) >= 11 is 1.43. The fraction of sp³-hybridized carbons (Fsp3) is 0.500. The van der Waals surface area contributed by atoms with E-state index >= 15 is 0 Å². The molecule has 2 aliphatic rings. The highest BCUT2D eigenvalue weighted by atomic mass is 32.1. The number of hydrogen-bond donors (Lipinski definition) is 2. The van der Waals surface area contributed by atoms with Crippen molar-refractivity contribution in [1.29, 1.82) is 0 Å². The average Bonchev–Trinajstić information content (AvgIpc) is 3.31. The van der Waals surface area contributed by atoms with Gasteiger partial charge in [0.2, 0.25) is 5.91 Å². The molecule has 2 N–H and O–H groups in total. The van der Waals surface area contributed by atoms with Crippen LogP contribution in [0.4, 0.5) is 0 Å². The normalized spacial score (nSPS) is 26.3.